The molecule has 0 aliphatic carbocycles. The van der Waals surface area contributed by atoms with E-state index in [4.69, 9.17) is 18.9 Å². The fourth-order valence-electron chi connectivity index (χ4n) is 2.65. The highest BCUT2D eigenvalue weighted by Gasteiger charge is 2.18. The van der Waals surface area contributed by atoms with E-state index in [1.165, 1.54) is 0 Å². The van der Waals surface area contributed by atoms with Crippen molar-refractivity contribution in [2.75, 3.05) is 26.4 Å². The smallest absolute Gasteiger partial charge is 0.407 e. The van der Waals surface area contributed by atoms with Crippen molar-refractivity contribution in [3.63, 3.8) is 0 Å². The molecule has 0 radical (unpaired) electrons. The van der Waals surface area contributed by atoms with Crippen molar-refractivity contribution in [3.8, 4) is 0 Å². The standard InChI is InChI=1S/C21H37NO5S/c1-5-9-18(15-25-17(4)14-24-7-3)26-16-19(10-6-2)27-21(23)22-13-20-11-8-12-28-20/h8,11-12,17-19H,5-7,9-10,13-16H2,1-4H3,(H,22,23). The molecule has 0 fully saturated rings. The average Bonchev–Trinajstić information content (AvgIpc) is 3.20. The normalized spacial score (nSPS) is 14.4. The molecule has 3 unspecified atom stereocenters. The van der Waals surface area contributed by atoms with Crippen LogP contribution < -0.4 is 5.32 Å². The van der Waals surface area contributed by atoms with E-state index in [2.05, 4.69) is 19.2 Å². The van der Waals surface area contributed by atoms with Gasteiger partial charge in [-0.05, 0) is 38.1 Å². The molecule has 1 aromatic rings. The Balaban J connectivity index is 2.38. The van der Waals surface area contributed by atoms with Gasteiger partial charge in [0.2, 0.25) is 0 Å². The predicted molar refractivity (Wildman–Crippen MR) is 113 cm³/mol. The van der Waals surface area contributed by atoms with Crippen LogP contribution in [0.25, 0.3) is 0 Å². The second kappa shape index (κ2) is 15.7. The second-order valence-corrected chi connectivity index (χ2v) is 7.83. The molecule has 1 amide bonds. The molecule has 1 heterocycles. The molecule has 0 spiro atoms. The quantitative estimate of drug-likeness (QED) is 0.421. The van der Waals surface area contributed by atoms with Crippen LogP contribution in [0.3, 0.4) is 0 Å². The number of rotatable bonds is 16. The summed E-state index contributed by atoms with van der Waals surface area (Å²) < 4.78 is 22.8. The van der Waals surface area contributed by atoms with Crippen LogP contribution in [-0.4, -0.2) is 50.8 Å². The number of nitrogens with one attached hydrogen (secondary N) is 1. The molecule has 1 rings (SSSR count). The number of ether oxygens (including phenoxy) is 4. The van der Waals surface area contributed by atoms with Gasteiger partial charge in [0, 0.05) is 11.5 Å². The van der Waals surface area contributed by atoms with Gasteiger partial charge >= 0.3 is 6.09 Å². The van der Waals surface area contributed by atoms with Gasteiger partial charge in [-0.15, -0.1) is 11.3 Å². The summed E-state index contributed by atoms with van der Waals surface area (Å²) in [4.78, 5) is 13.2. The van der Waals surface area contributed by atoms with Gasteiger partial charge in [0.05, 0.1) is 38.6 Å². The fourth-order valence-corrected chi connectivity index (χ4v) is 3.29. The van der Waals surface area contributed by atoms with E-state index in [-0.39, 0.29) is 18.3 Å². The molecule has 3 atom stereocenters. The van der Waals surface area contributed by atoms with Crippen LogP contribution >= 0.6 is 11.3 Å². The Bertz CT molecular complexity index is 497. The van der Waals surface area contributed by atoms with Crippen molar-refractivity contribution in [2.45, 2.75) is 78.2 Å². The van der Waals surface area contributed by atoms with Crippen molar-refractivity contribution in [2.24, 2.45) is 0 Å². The third-order valence-corrected chi connectivity index (χ3v) is 5.00. The first-order valence-electron chi connectivity index (χ1n) is 10.4. The molecule has 0 aliphatic rings. The van der Waals surface area contributed by atoms with Gasteiger partial charge in [0.15, 0.2) is 0 Å². The predicted octanol–water partition coefficient (Wildman–Crippen LogP) is 4.77. The SMILES string of the molecule is CCCC(COC(C)COCC)OCC(CCC)OC(=O)NCc1cccs1. The second-order valence-electron chi connectivity index (χ2n) is 6.80. The molecule has 1 N–H and O–H groups in total. The molecule has 0 bridgehead atoms. The molecule has 0 aliphatic heterocycles. The third-order valence-electron chi connectivity index (χ3n) is 4.12. The summed E-state index contributed by atoms with van der Waals surface area (Å²) in [6.45, 7) is 10.8. The Labute approximate surface area is 173 Å². The van der Waals surface area contributed by atoms with E-state index in [0.717, 1.165) is 30.6 Å². The number of thiophene rings is 1. The Hall–Kier alpha value is -1.15. The summed E-state index contributed by atoms with van der Waals surface area (Å²) in [6.07, 6.45) is 2.98. The van der Waals surface area contributed by atoms with Crippen molar-refractivity contribution in [1.29, 1.82) is 0 Å². The van der Waals surface area contributed by atoms with E-state index in [9.17, 15) is 4.79 Å². The molecular formula is C21H37NO5S. The zero-order chi connectivity index (χ0) is 20.6. The van der Waals surface area contributed by atoms with Crippen LogP contribution in [0.4, 0.5) is 4.79 Å². The first-order valence-corrected chi connectivity index (χ1v) is 11.2. The minimum Gasteiger partial charge on any atom is -0.444 e. The molecule has 6 nitrogen and oxygen atoms in total. The lowest BCUT2D eigenvalue weighted by Crippen LogP contribution is -2.33. The van der Waals surface area contributed by atoms with Gasteiger partial charge in [0.25, 0.3) is 0 Å². The molecule has 1 aromatic heterocycles. The first-order chi connectivity index (χ1) is 13.6. The van der Waals surface area contributed by atoms with Gasteiger partial charge in [-0.1, -0.05) is 32.8 Å². The molecule has 28 heavy (non-hydrogen) atoms. The lowest BCUT2D eigenvalue weighted by Gasteiger charge is -2.23. The molecule has 0 saturated heterocycles. The van der Waals surface area contributed by atoms with Gasteiger partial charge in [-0.2, -0.15) is 0 Å². The summed E-state index contributed by atoms with van der Waals surface area (Å²) in [5.74, 6) is 0. The van der Waals surface area contributed by atoms with E-state index >= 15 is 0 Å². The van der Waals surface area contributed by atoms with Crippen LogP contribution in [0.2, 0.25) is 0 Å². The van der Waals surface area contributed by atoms with Crippen LogP contribution in [0, 0.1) is 0 Å². The Morgan fingerprint density at radius 3 is 2.43 bits per heavy atom. The zero-order valence-electron chi connectivity index (χ0n) is 17.8. The van der Waals surface area contributed by atoms with E-state index in [1.54, 1.807) is 11.3 Å². The topological polar surface area (TPSA) is 66.0 Å². The summed E-state index contributed by atoms with van der Waals surface area (Å²) >= 11 is 1.61. The zero-order valence-corrected chi connectivity index (χ0v) is 18.6. The van der Waals surface area contributed by atoms with Gasteiger partial charge in [-0.25, -0.2) is 4.79 Å². The number of amides is 1. The summed E-state index contributed by atoms with van der Waals surface area (Å²) in [5, 5.41) is 4.79. The number of carbonyl (C=O) groups excluding carboxylic acids is 1. The molecule has 0 saturated carbocycles. The van der Waals surface area contributed by atoms with E-state index in [1.807, 2.05) is 31.4 Å². The highest BCUT2D eigenvalue weighted by atomic mass is 32.1. The third kappa shape index (κ3) is 11.6. The van der Waals surface area contributed by atoms with Crippen LogP contribution in [0.1, 0.15) is 58.3 Å². The molecule has 7 heteroatoms. The lowest BCUT2D eigenvalue weighted by atomic mass is 10.2. The largest absolute Gasteiger partial charge is 0.444 e. The Morgan fingerprint density at radius 1 is 1.07 bits per heavy atom. The van der Waals surface area contributed by atoms with Crippen LogP contribution in [0.5, 0.6) is 0 Å². The van der Waals surface area contributed by atoms with E-state index < -0.39 is 6.09 Å². The number of alkyl carbamates (subject to hydrolysis) is 1. The maximum Gasteiger partial charge on any atom is 0.407 e. The minimum atomic E-state index is -0.399. The van der Waals surface area contributed by atoms with Crippen LogP contribution in [-0.2, 0) is 25.5 Å². The Morgan fingerprint density at radius 2 is 1.79 bits per heavy atom. The first kappa shape index (κ1) is 24.9. The number of hydrogen-bond acceptors (Lipinski definition) is 6. The number of hydrogen-bond donors (Lipinski definition) is 1. The minimum absolute atomic E-state index is 0.00814. The van der Waals surface area contributed by atoms with Crippen molar-refractivity contribution >= 4 is 17.4 Å². The average molecular weight is 416 g/mol. The van der Waals surface area contributed by atoms with Gasteiger partial charge in [0.1, 0.15) is 6.10 Å². The summed E-state index contributed by atoms with van der Waals surface area (Å²) in [7, 11) is 0. The van der Waals surface area contributed by atoms with E-state index in [0.29, 0.717) is 33.0 Å². The summed E-state index contributed by atoms with van der Waals surface area (Å²) in [6, 6.07) is 3.95. The Kier molecular flexibility index (Phi) is 14.0. The monoisotopic (exact) mass is 415 g/mol. The number of carbonyl (C=O) groups is 1. The van der Waals surface area contributed by atoms with Gasteiger partial charge < -0.3 is 24.3 Å². The van der Waals surface area contributed by atoms with Crippen LogP contribution in [0.15, 0.2) is 17.5 Å². The highest BCUT2D eigenvalue weighted by Crippen LogP contribution is 2.11. The summed E-state index contributed by atoms with van der Waals surface area (Å²) in [5.41, 5.74) is 0. The van der Waals surface area contributed by atoms with Crippen molar-refractivity contribution < 1.29 is 23.7 Å². The highest BCUT2D eigenvalue weighted by molar-refractivity contribution is 7.09. The lowest BCUT2D eigenvalue weighted by molar-refractivity contribution is -0.0817. The van der Waals surface area contributed by atoms with Crippen molar-refractivity contribution in [3.05, 3.63) is 22.4 Å². The molecular weight excluding hydrogens is 378 g/mol. The van der Waals surface area contributed by atoms with Crippen molar-refractivity contribution in [1.82, 2.24) is 5.32 Å². The molecule has 162 valence electrons. The maximum atomic E-state index is 12.1. The van der Waals surface area contributed by atoms with Gasteiger partial charge in [-0.3, -0.25) is 0 Å². The maximum absolute atomic E-state index is 12.1. The molecule has 0 aromatic carbocycles. The fraction of sp³-hybridized carbons (Fsp3) is 0.762.